The predicted octanol–water partition coefficient (Wildman–Crippen LogP) is 3.30. The minimum atomic E-state index is -0.494. The molecule has 0 radical (unpaired) electrons. The van der Waals surface area contributed by atoms with Gasteiger partial charge < -0.3 is 9.64 Å². The van der Waals surface area contributed by atoms with Crippen LogP contribution in [0, 0.1) is 15.9 Å². The summed E-state index contributed by atoms with van der Waals surface area (Å²) in [7, 11) is 0. The standard InChI is InChI=1S/C18H17FN2O4/c19-14-3-1-13(2-4-14)11-20(15-5-6-15)18(22)12-25-17-9-7-16(8-10-17)21(23)24/h1-4,7-10,15H,5-6,11-12H2. The Morgan fingerprint density at radius 1 is 1.16 bits per heavy atom. The Hall–Kier alpha value is -2.96. The number of halogens is 1. The molecule has 130 valence electrons. The summed E-state index contributed by atoms with van der Waals surface area (Å²) in [5.41, 5.74) is 0.826. The summed E-state index contributed by atoms with van der Waals surface area (Å²) in [4.78, 5) is 24.3. The van der Waals surface area contributed by atoms with E-state index in [0.29, 0.717) is 12.3 Å². The highest BCUT2D eigenvalue weighted by Gasteiger charge is 2.32. The molecular weight excluding hydrogens is 327 g/mol. The number of nitro groups is 1. The SMILES string of the molecule is O=C(COc1ccc([N+](=O)[O-])cc1)N(Cc1ccc(F)cc1)C1CC1. The van der Waals surface area contributed by atoms with Gasteiger partial charge in [-0.2, -0.15) is 0 Å². The normalized spacial score (nSPS) is 13.3. The summed E-state index contributed by atoms with van der Waals surface area (Å²) in [5.74, 6) is -0.0730. The lowest BCUT2D eigenvalue weighted by Crippen LogP contribution is -2.36. The van der Waals surface area contributed by atoms with Gasteiger partial charge in [0.05, 0.1) is 4.92 Å². The quantitative estimate of drug-likeness (QED) is 0.571. The molecule has 0 aromatic heterocycles. The van der Waals surface area contributed by atoms with Gasteiger partial charge in [-0.05, 0) is 42.7 Å². The fraction of sp³-hybridized carbons (Fsp3) is 0.278. The lowest BCUT2D eigenvalue weighted by atomic mass is 10.2. The highest BCUT2D eigenvalue weighted by atomic mass is 19.1. The van der Waals surface area contributed by atoms with E-state index < -0.39 is 4.92 Å². The van der Waals surface area contributed by atoms with Crippen LogP contribution in [0.25, 0.3) is 0 Å². The molecule has 1 saturated carbocycles. The van der Waals surface area contributed by atoms with Crippen molar-refractivity contribution in [2.75, 3.05) is 6.61 Å². The molecule has 3 rings (SSSR count). The minimum Gasteiger partial charge on any atom is -0.484 e. The van der Waals surface area contributed by atoms with Crippen LogP contribution >= 0.6 is 0 Å². The van der Waals surface area contributed by atoms with E-state index in [1.165, 1.54) is 36.4 Å². The second-order valence-electron chi connectivity index (χ2n) is 5.92. The molecule has 0 spiro atoms. The van der Waals surface area contributed by atoms with Gasteiger partial charge in [-0.15, -0.1) is 0 Å². The zero-order valence-corrected chi connectivity index (χ0v) is 13.4. The summed E-state index contributed by atoms with van der Waals surface area (Å²) in [6.45, 7) is 0.267. The number of non-ortho nitro benzene ring substituents is 1. The number of carbonyl (C=O) groups is 1. The summed E-state index contributed by atoms with van der Waals surface area (Å²) < 4.78 is 18.4. The Balaban J connectivity index is 1.59. The molecule has 0 N–H and O–H groups in total. The molecule has 6 nitrogen and oxygen atoms in total. The predicted molar refractivity (Wildman–Crippen MR) is 88.6 cm³/mol. The first-order chi connectivity index (χ1) is 12.0. The van der Waals surface area contributed by atoms with Crippen molar-refractivity contribution in [3.05, 3.63) is 70.0 Å². The Bertz CT molecular complexity index is 758. The van der Waals surface area contributed by atoms with Crippen LogP contribution < -0.4 is 4.74 Å². The molecule has 0 heterocycles. The van der Waals surface area contributed by atoms with Crippen LogP contribution in [0.4, 0.5) is 10.1 Å². The van der Waals surface area contributed by atoms with Gasteiger partial charge in [0, 0.05) is 24.7 Å². The van der Waals surface area contributed by atoms with E-state index in [1.807, 2.05) is 0 Å². The van der Waals surface area contributed by atoms with Crippen LogP contribution in [0.3, 0.4) is 0 Å². The molecule has 0 unspecified atom stereocenters. The monoisotopic (exact) mass is 344 g/mol. The topological polar surface area (TPSA) is 72.7 Å². The number of ether oxygens (including phenoxy) is 1. The fourth-order valence-electron chi connectivity index (χ4n) is 2.49. The molecular formula is C18H17FN2O4. The first-order valence-electron chi connectivity index (χ1n) is 7.94. The smallest absolute Gasteiger partial charge is 0.269 e. The number of hydrogen-bond donors (Lipinski definition) is 0. The van der Waals surface area contributed by atoms with Gasteiger partial charge in [-0.1, -0.05) is 12.1 Å². The van der Waals surface area contributed by atoms with E-state index in [0.717, 1.165) is 18.4 Å². The average molecular weight is 344 g/mol. The van der Waals surface area contributed by atoms with Crippen molar-refractivity contribution in [2.45, 2.75) is 25.4 Å². The van der Waals surface area contributed by atoms with E-state index in [9.17, 15) is 19.3 Å². The highest BCUT2D eigenvalue weighted by Crippen LogP contribution is 2.28. The number of carbonyl (C=O) groups excluding carboxylic acids is 1. The van der Waals surface area contributed by atoms with Gasteiger partial charge in [0.2, 0.25) is 0 Å². The Labute approximate surface area is 144 Å². The lowest BCUT2D eigenvalue weighted by molar-refractivity contribution is -0.384. The van der Waals surface area contributed by atoms with Crippen molar-refractivity contribution in [1.82, 2.24) is 4.90 Å². The first-order valence-corrected chi connectivity index (χ1v) is 7.94. The lowest BCUT2D eigenvalue weighted by Gasteiger charge is -2.22. The van der Waals surface area contributed by atoms with Crippen LogP contribution in [0.1, 0.15) is 18.4 Å². The van der Waals surface area contributed by atoms with Gasteiger partial charge in [0.15, 0.2) is 6.61 Å². The molecule has 0 atom stereocenters. The molecule has 1 amide bonds. The van der Waals surface area contributed by atoms with Crippen LogP contribution in [0.15, 0.2) is 48.5 Å². The van der Waals surface area contributed by atoms with Gasteiger partial charge in [0.1, 0.15) is 11.6 Å². The molecule has 1 aliphatic rings. The molecule has 25 heavy (non-hydrogen) atoms. The maximum Gasteiger partial charge on any atom is 0.269 e. The number of nitro benzene ring substituents is 1. The van der Waals surface area contributed by atoms with Crippen molar-refractivity contribution in [3.63, 3.8) is 0 Å². The summed E-state index contributed by atoms with van der Waals surface area (Å²) in [6.07, 6.45) is 1.90. The number of amides is 1. The third-order valence-electron chi connectivity index (χ3n) is 3.98. The van der Waals surface area contributed by atoms with Crippen molar-refractivity contribution in [1.29, 1.82) is 0 Å². The van der Waals surface area contributed by atoms with Crippen LogP contribution in [-0.4, -0.2) is 28.4 Å². The summed E-state index contributed by atoms with van der Waals surface area (Å²) >= 11 is 0. The number of benzene rings is 2. The van der Waals surface area contributed by atoms with Gasteiger partial charge in [-0.3, -0.25) is 14.9 Å². The maximum atomic E-state index is 13.0. The molecule has 2 aromatic rings. The largest absolute Gasteiger partial charge is 0.484 e. The van der Waals surface area contributed by atoms with E-state index >= 15 is 0 Å². The molecule has 1 aliphatic carbocycles. The number of nitrogens with zero attached hydrogens (tertiary/aromatic N) is 2. The minimum absolute atomic E-state index is 0.0328. The molecule has 1 fully saturated rings. The zero-order valence-electron chi connectivity index (χ0n) is 13.4. The van der Waals surface area contributed by atoms with Crippen molar-refractivity contribution in [2.24, 2.45) is 0 Å². The van der Waals surface area contributed by atoms with E-state index in [-0.39, 0.29) is 30.1 Å². The number of rotatable bonds is 7. The molecule has 0 bridgehead atoms. The fourth-order valence-corrected chi connectivity index (χ4v) is 2.49. The molecule has 0 saturated heterocycles. The van der Waals surface area contributed by atoms with Crippen LogP contribution in [-0.2, 0) is 11.3 Å². The Kier molecular flexibility index (Phi) is 4.92. The molecule has 0 aliphatic heterocycles. The first kappa shape index (κ1) is 16.9. The zero-order chi connectivity index (χ0) is 17.8. The van der Waals surface area contributed by atoms with Crippen molar-refractivity contribution in [3.8, 4) is 5.75 Å². The third kappa shape index (κ3) is 4.53. The molecule has 7 heteroatoms. The van der Waals surface area contributed by atoms with E-state index in [1.54, 1.807) is 17.0 Å². The van der Waals surface area contributed by atoms with E-state index in [2.05, 4.69) is 0 Å². The Morgan fingerprint density at radius 3 is 2.36 bits per heavy atom. The molecule has 2 aromatic carbocycles. The third-order valence-corrected chi connectivity index (χ3v) is 3.98. The van der Waals surface area contributed by atoms with Gasteiger partial charge in [-0.25, -0.2) is 4.39 Å². The van der Waals surface area contributed by atoms with Crippen molar-refractivity contribution < 1.29 is 18.8 Å². The second kappa shape index (κ2) is 7.29. The van der Waals surface area contributed by atoms with Crippen molar-refractivity contribution >= 4 is 11.6 Å². The van der Waals surface area contributed by atoms with Crippen LogP contribution in [0.5, 0.6) is 5.75 Å². The summed E-state index contributed by atoms with van der Waals surface area (Å²) in [5, 5.41) is 10.6. The Morgan fingerprint density at radius 2 is 1.80 bits per heavy atom. The van der Waals surface area contributed by atoms with Gasteiger partial charge in [0.25, 0.3) is 11.6 Å². The number of hydrogen-bond acceptors (Lipinski definition) is 4. The summed E-state index contributed by atoms with van der Waals surface area (Å²) in [6, 6.07) is 11.9. The van der Waals surface area contributed by atoms with E-state index in [4.69, 9.17) is 4.74 Å². The maximum absolute atomic E-state index is 13.0. The van der Waals surface area contributed by atoms with Gasteiger partial charge >= 0.3 is 0 Å². The average Bonchev–Trinajstić information content (AvgIpc) is 3.44. The van der Waals surface area contributed by atoms with Crippen LogP contribution in [0.2, 0.25) is 0 Å². The second-order valence-corrected chi connectivity index (χ2v) is 5.92. The highest BCUT2D eigenvalue weighted by molar-refractivity contribution is 5.78.